The fraction of sp³-hybridized carbons (Fsp3) is 0.435. The molecule has 29 heavy (non-hydrogen) atoms. The predicted octanol–water partition coefficient (Wildman–Crippen LogP) is 4.73. The van der Waals surface area contributed by atoms with Gasteiger partial charge in [0, 0.05) is 36.9 Å². The van der Waals surface area contributed by atoms with Crippen molar-refractivity contribution in [2.75, 3.05) is 25.1 Å². The minimum Gasteiger partial charge on any atom is -0.376 e. The molecule has 0 saturated carbocycles. The van der Waals surface area contributed by atoms with Gasteiger partial charge in [-0.15, -0.1) is 0 Å². The molecule has 0 aliphatic carbocycles. The van der Waals surface area contributed by atoms with Crippen molar-refractivity contribution < 1.29 is 8.95 Å². The summed E-state index contributed by atoms with van der Waals surface area (Å²) >= 11 is 0. The molecule has 1 aliphatic rings. The molecule has 1 aliphatic heterocycles. The third-order valence-electron chi connectivity index (χ3n) is 5.79. The number of nitrogens with one attached hydrogen (secondary N) is 1. The number of hydrogen-bond donors (Lipinski definition) is 1. The number of benzene rings is 2. The Morgan fingerprint density at radius 1 is 1.31 bits per heavy atom. The number of hydrogen-bond acceptors (Lipinski definition) is 4. The molecule has 0 amide bonds. The smallest absolute Gasteiger partial charge is 0.197 e. The highest BCUT2D eigenvalue weighted by molar-refractivity contribution is 7.84. The summed E-state index contributed by atoms with van der Waals surface area (Å²) in [5.74, 6) is 0.426. The molecule has 5 nitrogen and oxygen atoms in total. The molecule has 0 radical (unpaired) electrons. The van der Waals surface area contributed by atoms with E-state index in [0.29, 0.717) is 10.9 Å². The summed E-state index contributed by atoms with van der Waals surface area (Å²) in [4.78, 5) is 10.2. The van der Waals surface area contributed by atoms with E-state index in [1.54, 1.807) is 7.11 Å². The van der Waals surface area contributed by atoms with Crippen LogP contribution in [0.4, 0.5) is 5.69 Å². The van der Waals surface area contributed by atoms with E-state index < -0.39 is 10.8 Å². The number of fused-ring (bicyclic) bond motifs is 2. The Labute approximate surface area is 174 Å². The van der Waals surface area contributed by atoms with Crippen LogP contribution in [0.1, 0.15) is 43.6 Å². The van der Waals surface area contributed by atoms with Crippen LogP contribution in [-0.2, 0) is 21.3 Å². The van der Waals surface area contributed by atoms with Gasteiger partial charge in [0.1, 0.15) is 0 Å². The molecule has 2 atom stereocenters. The fourth-order valence-corrected chi connectivity index (χ4v) is 5.61. The molecule has 2 unspecified atom stereocenters. The second kappa shape index (κ2) is 7.58. The van der Waals surface area contributed by atoms with Crippen molar-refractivity contribution >= 4 is 27.5 Å². The molecule has 6 heteroatoms. The van der Waals surface area contributed by atoms with Crippen LogP contribution in [-0.4, -0.2) is 34.4 Å². The molecule has 2 aromatic carbocycles. The SMILES string of the molecule is CCN1CC(C)(C)C(OC)c2cccc(CS(=O)c3nc4ccc(C)cc4[nH]3)c21. The van der Waals surface area contributed by atoms with E-state index >= 15 is 0 Å². The minimum absolute atomic E-state index is 0.00608. The number of aromatic nitrogens is 2. The van der Waals surface area contributed by atoms with Gasteiger partial charge in [-0.25, -0.2) is 4.98 Å². The molecule has 3 aromatic rings. The maximum atomic E-state index is 13.2. The average molecular weight is 412 g/mol. The van der Waals surface area contributed by atoms with E-state index in [0.717, 1.165) is 35.2 Å². The Kier molecular flexibility index (Phi) is 5.25. The van der Waals surface area contributed by atoms with Gasteiger partial charge in [-0.2, -0.15) is 0 Å². The summed E-state index contributed by atoms with van der Waals surface area (Å²) < 4.78 is 19.1. The number of H-pyrrole nitrogens is 1. The van der Waals surface area contributed by atoms with Crippen molar-refractivity contribution in [2.45, 2.75) is 44.7 Å². The quantitative estimate of drug-likeness (QED) is 0.659. The zero-order valence-electron chi connectivity index (χ0n) is 17.8. The van der Waals surface area contributed by atoms with Crippen LogP contribution in [0.15, 0.2) is 41.6 Å². The number of imidazole rings is 1. The molecule has 1 aromatic heterocycles. The Balaban J connectivity index is 1.71. The van der Waals surface area contributed by atoms with Gasteiger partial charge in [0.25, 0.3) is 0 Å². The normalized spacial score (nSPS) is 19.3. The Morgan fingerprint density at radius 3 is 2.83 bits per heavy atom. The van der Waals surface area contributed by atoms with Gasteiger partial charge in [0.05, 0.1) is 33.7 Å². The van der Waals surface area contributed by atoms with Gasteiger partial charge in [-0.3, -0.25) is 4.21 Å². The highest BCUT2D eigenvalue weighted by Crippen LogP contribution is 2.47. The third-order valence-corrected chi connectivity index (χ3v) is 6.99. The first-order chi connectivity index (χ1) is 13.8. The van der Waals surface area contributed by atoms with Crippen molar-refractivity contribution in [1.82, 2.24) is 9.97 Å². The molecule has 0 fully saturated rings. The standard InChI is InChI=1S/C23H29N3O2S/c1-6-26-14-23(3,4)21(28-5)17-9-7-8-16(20(17)26)13-29(27)22-24-18-11-10-15(2)12-19(18)25-22/h7-12,21H,6,13-14H2,1-5H3,(H,24,25). The second-order valence-electron chi connectivity index (χ2n) is 8.53. The number of aromatic amines is 1. The number of ether oxygens (including phenoxy) is 1. The lowest BCUT2D eigenvalue weighted by molar-refractivity contribution is 0.00388. The van der Waals surface area contributed by atoms with Crippen LogP contribution < -0.4 is 4.90 Å². The topological polar surface area (TPSA) is 58.2 Å². The fourth-order valence-electron chi connectivity index (χ4n) is 4.53. The van der Waals surface area contributed by atoms with Crippen LogP contribution in [0.2, 0.25) is 0 Å². The summed E-state index contributed by atoms with van der Waals surface area (Å²) in [6.45, 7) is 10.5. The molecule has 0 bridgehead atoms. The molecular formula is C23H29N3O2S. The van der Waals surface area contributed by atoms with Gasteiger partial charge in [0.2, 0.25) is 0 Å². The maximum absolute atomic E-state index is 13.2. The highest BCUT2D eigenvalue weighted by Gasteiger charge is 2.40. The van der Waals surface area contributed by atoms with Crippen LogP contribution >= 0.6 is 0 Å². The number of para-hydroxylation sites is 1. The predicted molar refractivity (Wildman–Crippen MR) is 119 cm³/mol. The van der Waals surface area contributed by atoms with Crippen LogP contribution in [0.5, 0.6) is 0 Å². The van der Waals surface area contributed by atoms with Crippen LogP contribution in [0, 0.1) is 12.3 Å². The zero-order valence-corrected chi connectivity index (χ0v) is 18.6. The van der Waals surface area contributed by atoms with E-state index in [4.69, 9.17) is 4.74 Å². The summed E-state index contributed by atoms with van der Waals surface area (Å²) in [5, 5.41) is 0.533. The number of anilines is 1. The van der Waals surface area contributed by atoms with Crippen molar-refractivity contribution in [2.24, 2.45) is 5.41 Å². The molecule has 2 heterocycles. The number of methoxy groups -OCH3 is 1. The molecule has 154 valence electrons. The van der Waals surface area contributed by atoms with Gasteiger partial charge >= 0.3 is 0 Å². The van der Waals surface area contributed by atoms with Gasteiger partial charge in [-0.05, 0) is 37.1 Å². The first-order valence-corrected chi connectivity index (χ1v) is 11.4. The average Bonchev–Trinajstić information content (AvgIpc) is 3.10. The highest BCUT2D eigenvalue weighted by atomic mass is 32.2. The minimum atomic E-state index is -1.26. The van der Waals surface area contributed by atoms with Crippen molar-refractivity contribution in [1.29, 1.82) is 0 Å². The lowest BCUT2D eigenvalue weighted by Gasteiger charge is -2.46. The first-order valence-electron chi connectivity index (χ1n) is 10.1. The van der Waals surface area contributed by atoms with E-state index in [2.05, 4.69) is 53.8 Å². The van der Waals surface area contributed by atoms with Crippen LogP contribution in [0.25, 0.3) is 11.0 Å². The van der Waals surface area contributed by atoms with Crippen molar-refractivity contribution in [3.05, 3.63) is 53.1 Å². The van der Waals surface area contributed by atoms with Gasteiger partial charge in [-0.1, -0.05) is 38.1 Å². The third kappa shape index (κ3) is 3.60. The molecular weight excluding hydrogens is 382 g/mol. The summed E-state index contributed by atoms with van der Waals surface area (Å²) in [5.41, 5.74) is 6.37. The Bertz CT molecular complexity index is 1070. The first kappa shape index (κ1) is 20.1. The zero-order chi connectivity index (χ0) is 20.8. The van der Waals surface area contributed by atoms with Gasteiger partial charge in [0.15, 0.2) is 5.16 Å². The monoisotopic (exact) mass is 411 g/mol. The Hall–Kier alpha value is -2.18. The van der Waals surface area contributed by atoms with Crippen LogP contribution in [0.3, 0.4) is 0 Å². The molecule has 4 rings (SSSR count). The lowest BCUT2D eigenvalue weighted by atomic mass is 9.77. The number of nitrogens with zero attached hydrogens (tertiary/aromatic N) is 2. The molecule has 0 saturated heterocycles. The van der Waals surface area contributed by atoms with E-state index in [9.17, 15) is 4.21 Å². The lowest BCUT2D eigenvalue weighted by Crippen LogP contribution is -2.44. The second-order valence-corrected chi connectivity index (χ2v) is 9.89. The summed E-state index contributed by atoms with van der Waals surface area (Å²) in [6, 6.07) is 12.3. The molecule has 0 spiro atoms. The van der Waals surface area contributed by atoms with E-state index in [1.165, 1.54) is 11.3 Å². The van der Waals surface area contributed by atoms with E-state index in [-0.39, 0.29) is 11.5 Å². The largest absolute Gasteiger partial charge is 0.376 e. The van der Waals surface area contributed by atoms with Crippen molar-refractivity contribution in [3.63, 3.8) is 0 Å². The van der Waals surface area contributed by atoms with Gasteiger partial charge < -0.3 is 14.6 Å². The number of aryl methyl sites for hydroxylation is 1. The van der Waals surface area contributed by atoms with E-state index in [1.807, 2.05) is 25.1 Å². The maximum Gasteiger partial charge on any atom is 0.197 e. The Morgan fingerprint density at radius 2 is 2.10 bits per heavy atom. The summed E-state index contributed by atoms with van der Waals surface area (Å²) in [7, 11) is 0.522. The number of rotatable bonds is 5. The molecule has 1 N–H and O–H groups in total. The van der Waals surface area contributed by atoms with Crippen molar-refractivity contribution in [3.8, 4) is 0 Å². The summed E-state index contributed by atoms with van der Waals surface area (Å²) in [6.07, 6.45) is 0.0165.